The Labute approximate surface area is 94.4 Å². The predicted molar refractivity (Wildman–Crippen MR) is 65.5 cm³/mol. The molecule has 0 fully saturated rings. The molecule has 0 spiro atoms. The van der Waals surface area contributed by atoms with Crippen LogP contribution in [0.25, 0.3) is 11.0 Å². The van der Waals surface area contributed by atoms with Crippen LogP contribution in [0.1, 0.15) is 6.42 Å². The molecule has 0 atom stereocenters. The molecule has 0 radical (unpaired) electrons. The molecule has 80 valence electrons. The quantitative estimate of drug-likeness (QED) is 0.678. The zero-order valence-electron chi connectivity index (χ0n) is 9.00. The van der Waals surface area contributed by atoms with E-state index in [1.54, 1.807) is 0 Å². The molecule has 0 amide bonds. The second kappa shape index (κ2) is 3.93. The standard InChI is InChI=1S/C13H13N3/c1-4-8-16(9-5-1)13-10-14-11-6-2-3-7-12(11)15-13/h1-4,6-7,10H,5,8-9H2. The summed E-state index contributed by atoms with van der Waals surface area (Å²) in [6.07, 6.45) is 7.35. The van der Waals surface area contributed by atoms with Crippen molar-refractivity contribution in [3.05, 3.63) is 42.6 Å². The van der Waals surface area contributed by atoms with E-state index >= 15 is 0 Å². The third-order valence-corrected chi connectivity index (χ3v) is 2.82. The number of benzene rings is 1. The van der Waals surface area contributed by atoms with Crippen molar-refractivity contribution in [2.24, 2.45) is 0 Å². The third-order valence-electron chi connectivity index (χ3n) is 2.82. The van der Waals surface area contributed by atoms with Crippen molar-refractivity contribution in [3.63, 3.8) is 0 Å². The zero-order valence-corrected chi connectivity index (χ0v) is 9.00. The normalized spacial score (nSPS) is 15.6. The van der Waals surface area contributed by atoms with Crippen LogP contribution in [0.15, 0.2) is 42.6 Å². The van der Waals surface area contributed by atoms with Crippen molar-refractivity contribution in [2.75, 3.05) is 18.0 Å². The SMILES string of the molecule is C1=CCN(c2cnc3ccccc3n2)CC1. The van der Waals surface area contributed by atoms with Gasteiger partial charge in [0.2, 0.25) is 0 Å². The molecule has 1 aliphatic rings. The molecule has 2 aromatic rings. The maximum absolute atomic E-state index is 4.63. The van der Waals surface area contributed by atoms with Gasteiger partial charge >= 0.3 is 0 Å². The first-order valence-corrected chi connectivity index (χ1v) is 5.55. The molecule has 0 saturated carbocycles. The van der Waals surface area contributed by atoms with Crippen molar-refractivity contribution >= 4 is 16.9 Å². The van der Waals surface area contributed by atoms with Crippen LogP contribution in [-0.4, -0.2) is 23.1 Å². The van der Waals surface area contributed by atoms with E-state index in [1.165, 1.54) is 0 Å². The van der Waals surface area contributed by atoms with E-state index in [0.717, 1.165) is 36.4 Å². The molecule has 0 bridgehead atoms. The number of nitrogens with zero attached hydrogens (tertiary/aromatic N) is 3. The van der Waals surface area contributed by atoms with E-state index in [-0.39, 0.29) is 0 Å². The van der Waals surface area contributed by atoms with Crippen LogP contribution in [0, 0.1) is 0 Å². The topological polar surface area (TPSA) is 29.0 Å². The van der Waals surface area contributed by atoms with Crippen molar-refractivity contribution in [1.29, 1.82) is 0 Å². The van der Waals surface area contributed by atoms with Gasteiger partial charge in [0, 0.05) is 13.1 Å². The largest absolute Gasteiger partial charge is 0.351 e. The summed E-state index contributed by atoms with van der Waals surface area (Å²) >= 11 is 0. The summed E-state index contributed by atoms with van der Waals surface area (Å²) in [5.74, 6) is 0.975. The van der Waals surface area contributed by atoms with Crippen LogP contribution >= 0.6 is 0 Å². The molecule has 1 aromatic carbocycles. The molecule has 0 N–H and O–H groups in total. The van der Waals surface area contributed by atoms with Gasteiger partial charge in [-0.1, -0.05) is 24.3 Å². The van der Waals surface area contributed by atoms with Crippen molar-refractivity contribution in [1.82, 2.24) is 9.97 Å². The fourth-order valence-electron chi connectivity index (χ4n) is 1.95. The van der Waals surface area contributed by atoms with E-state index in [9.17, 15) is 0 Å². The van der Waals surface area contributed by atoms with Crippen LogP contribution in [-0.2, 0) is 0 Å². The van der Waals surface area contributed by atoms with E-state index in [2.05, 4.69) is 27.0 Å². The van der Waals surface area contributed by atoms with E-state index in [0.29, 0.717) is 0 Å². The van der Waals surface area contributed by atoms with Gasteiger partial charge in [0.25, 0.3) is 0 Å². The average Bonchev–Trinajstić information content (AvgIpc) is 2.39. The van der Waals surface area contributed by atoms with Gasteiger partial charge < -0.3 is 4.90 Å². The molecule has 2 heterocycles. The smallest absolute Gasteiger partial charge is 0.148 e. The lowest BCUT2D eigenvalue weighted by molar-refractivity contribution is 0.805. The predicted octanol–water partition coefficient (Wildman–Crippen LogP) is 2.40. The van der Waals surface area contributed by atoms with Gasteiger partial charge in [0.1, 0.15) is 5.82 Å². The highest BCUT2D eigenvalue weighted by Gasteiger charge is 2.09. The minimum atomic E-state index is 0.938. The highest BCUT2D eigenvalue weighted by Crippen LogP contribution is 2.16. The number of hydrogen-bond acceptors (Lipinski definition) is 3. The number of para-hydroxylation sites is 2. The van der Waals surface area contributed by atoms with Gasteiger partial charge in [-0.15, -0.1) is 0 Å². The molecule has 0 unspecified atom stereocenters. The Kier molecular flexibility index (Phi) is 2.29. The summed E-state index contributed by atoms with van der Waals surface area (Å²) in [5, 5.41) is 0. The van der Waals surface area contributed by atoms with Crippen molar-refractivity contribution in [2.45, 2.75) is 6.42 Å². The Morgan fingerprint density at radius 2 is 1.94 bits per heavy atom. The number of rotatable bonds is 1. The second-order valence-electron chi connectivity index (χ2n) is 3.92. The molecular weight excluding hydrogens is 198 g/mol. The highest BCUT2D eigenvalue weighted by molar-refractivity contribution is 5.75. The van der Waals surface area contributed by atoms with Crippen molar-refractivity contribution in [3.8, 4) is 0 Å². The molecular formula is C13H13N3. The maximum atomic E-state index is 4.63. The molecule has 1 aliphatic heterocycles. The summed E-state index contributed by atoms with van der Waals surface area (Å²) in [7, 11) is 0. The summed E-state index contributed by atoms with van der Waals surface area (Å²) < 4.78 is 0. The van der Waals surface area contributed by atoms with Crippen LogP contribution in [0.2, 0.25) is 0 Å². The van der Waals surface area contributed by atoms with Gasteiger partial charge in [-0.05, 0) is 18.6 Å². The Morgan fingerprint density at radius 1 is 1.06 bits per heavy atom. The lowest BCUT2D eigenvalue weighted by atomic mass is 10.2. The summed E-state index contributed by atoms with van der Waals surface area (Å²) in [4.78, 5) is 11.3. The summed E-state index contributed by atoms with van der Waals surface area (Å²) in [5.41, 5.74) is 1.92. The van der Waals surface area contributed by atoms with Crippen LogP contribution in [0.3, 0.4) is 0 Å². The van der Waals surface area contributed by atoms with Gasteiger partial charge in [-0.25, -0.2) is 4.98 Å². The number of hydrogen-bond donors (Lipinski definition) is 0. The van der Waals surface area contributed by atoms with E-state index < -0.39 is 0 Å². The van der Waals surface area contributed by atoms with Crippen molar-refractivity contribution < 1.29 is 0 Å². The molecule has 3 rings (SSSR count). The minimum absolute atomic E-state index is 0.938. The molecule has 3 nitrogen and oxygen atoms in total. The lowest BCUT2D eigenvalue weighted by Gasteiger charge is -2.24. The van der Waals surface area contributed by atoms with Gasteiger partial charge in [0.15, 0.2) is 0 Å². The van der Waals surface area contributed by atoms with E-state index in [1.807, 2.05) is 30.5 Å². The first-order valence-electron chi connectivity index (χ1n) is 5.55. The highest BCUT2D eigenvalue weighted by atomic mass is 15.2. The average molecular weight is 211 g/mol. The maximum Gasteiger partial charge on any atom is 0.148 e. The van der Waals surface area contributed by atoms with Gasteiger partial charge in [-0.2, -0.15) is 0 Å². The molecule has 16 heavy (non-hydrogen) atoms. The Hall–Kier alpha value is -1.90. The molecule has 0 saturated heterocycles. The first-order chi connectivity index (χ1) is 7.93. The Bertz CT molecular complexity index is 533. The molecule has 3 heteroatoms. The van der Waals surface area contributed by atoms with Crippen LogP contribution < -0.4 is 4.90 Å². The van der Waals surface area contributed by atoms with Gasteiger partial charge in [0.05, 0.1) is 17.2 Å². The summed E-state index contributed by atoms with van der Waals surface area (Å²) in [6, 6.07) is 7.98. The third kappa shape index (κ3) is 1.65. The summed E-state index contributed by atoms with van der Waals surface area (Å²) in [6.45, 7) is 1.97. The number of fused-ring (bicyclic) bond motifs is 1. The zero-order chi connectivity index (χ0) is 10.8. The minimum Gasteiger partial charge on any atom is -0.351 e. The van der Waals surface area contributed by atoms with E-state index in [4.69, 9.17) is 0 Å². The fraction of sp³-hybridized carbons (Fsp3) is 0.231. The molecule has 1 aromatic heterocycles. The number of aromatic nitrogens is 2. The van der Waals surface area contributed by atoms with Gasteiger partial charge in [-0.3, -0.25) is 4.98 Å². The Morgan fingerprint density at radius 3 is 2.75 bits per heavy atom. The fourth-order valence-corrected chi connectivity index (χ4v) is 1.95. The lowest BCUT2D eigenvalue weighted by Crippen LogP contribution is -2.27. The Balaban J connectivity index is 2.01. The second-order valence-corrected chi connectivity index (χ2v) is 3.92. The first kappa shape index (κ1) is 9.33. The molecule has 0 aliphatic carbocycles. The number of anilines is 1. The van der Waals surface area contributed by atoms with Crippen LogP contribution in [0.4, 0.5) is 5.82 Å². The van der Waals surface area contributed by atoms with Crippen LogP contribution in [0.5, 0.6) is 0 Å². The monoisotopic (exact) mass is 211 g/mol.